The summed E-state index contributed by atoms with van der Waals surface area (Å²) in [6.45, 7) is 5.40. The highest BCUT2D eigenvalue weighted by atomic mass is 16.5. The summed E-state index contributed by atoms with van der Waals surface area (Å²) in [5, 5.41) is 1.05. The minimum atomic E-state index is -0.355. The van der Waals surface area contributed by atoms with Crippen LogP contribution in [0.15, 0.2) is 36.5 Å². The molecule has 0 bridgehead atoms. The Morgan fingerprint density at radius 1 is 1.43 bits per heavy atom. The third-order valence-corrected chi connectivity index (χ3v) is 3.87. The fourth-order valence-corrected chi connectivity index (χ4v) is 2.79. The Kier molecular flexibility index (Phi) is 4.27. The maximum Gasteiger partial charge on any atom is 0.192 e. The zero-order valence-corrected chi connectivity index (χ0v) is 12.3. The van der Waals surface area contributed by atoms with E-state index in [1.807, 2.05) is 30.3 Å². The van der Waals surface area contributed by atoms with Crippen molar-refractivity contribution >= 4 is 16.7 Å². The molecule has 21 heavy (non-hydrogen) atoms. The number of nitrogens with zero attached hydrogens (tertiary/aromatic N) is 2. The van der Waals surface area contributed by atoms with Gasteiger partial charge >= 0.3 is 0 Å². The Balaban J connectivity index is 1.79. The van der Waals surface area contributed by atoms with Gasteiger partial charge in [-0.2, -0.15) is 0 Å². The Hall–Kier alpha value is -1.78. The van der Waals surface area contributed by atoms with Crippen molar-refractivity contribution < 1.29 is 9.53 Å². The van der Waals surface area contributed by atoms with Crippen molar-refractivity contribution in [2.45, 2.75) is 19.4 Å². The van der Waals surface area contributed by atoms with E-state index in [4.69, 9.17) is 4.74 Å². The Labute approximate surface area is 124 Å². The number of carbonyl (C=O) groups excluding carboxylic acids is 1. The van der Waals surface area contributed by atoms with Crippen LogP contribution in [0.4, 0.5) is 0 Å². The number of rotatable bonds is 4. The first-order valence-corrected chi connectivity index (χ1v) is 7.51. The highest BCUT2D eigenvalue weighted by Gasteiger charge is 2.27. The van der Waals surface area contributed by atoms with Crippen molar-refractivity contribution in [3.05, 3.63) is 42.1 Å². The van der Waals surface area contributed by atoms with Gasteiger partial charge in [0.25, 0.3) is 0 Å². The predicted octanol–water partition coefficient (Wildman–Crippen LogP) is 2.53. The van der Waals surface area contributed by atoms with Crippen molar-refractivity contribution in [1.82, 2.24) is 9.88 Å². The molecule has 1 unspecified atom stereocenters. The molecule has 1 aliphatic heterocycles. The van der Waals surface area contributed by atoms with Gasteiger partial charge in [-0.05, 0) is 25.1 Å². The van der Waals surface area contributed by atoms with Crippen molar-refractivity contribution in [2.75, 3.05) is 26.2 Å². The van der Waals surface area contributed by atoms with Crippen LogP contribution in [-0.4, -0.2) is 48.0 Å². The minimum absolute atomic E-state index is 0.0587. The third kappa shape index (κ3) is 3.12. The van der Waals surface area contributed by atoms with Gasteiger partial charge in [0, 0.05) is 30.2 Å². The highest BCUT2D eigenvalue weighted by Crippen LogP contribution is 2.17. The number of ketones is 1. The van der Waals surface area contributed by atoms with E-state index < -0.39 is 0 Å². The quantitative estimate of drug-likeness (QED) is 0.809. The molecule has 2 heterocycles. The SMILES string of the molecule is CCCN1CCOC(C(=O)c2ccc3cccnc3c2)C1. The van der Waals surface area contributed by atoms with Crippen molar-refractivity contribution in [2.24, 2.45) is 0 Å². The molecule has 0 radical (unpaired) electrons. The molecule has 1 aromatic heterocycles. The minimum Gasteiger partial charge on any atom is -0.367 e. The van der Waals surface area contributed by atoms with Gasteiger partial charge in [0.05, 0.1) is 12.1 Å². The predicted molar refractivity (Wildman–Crippen MR) is 82.5 cm³/mol. The fraction of sp³-hybridized carbons (Fsp3) is 0.412. The van der Waals surface area contributed by atoms with Crippen LogP contribution in [0.25, 0.3) is 10.9 Å². The second kappa shape index (κ2) is 6.33. The lowest BCUT2D eigenvalue weighted by molar-refractivity contribution is -0.0163. The van der Waals surface area contributed by atoms with Gasteiger partial charge in [0.15, 0.2) is 5.78 Å². The number of carbonyl (C=O) groups is 1. The molecule has 4 nitrogen and oxygen atoms in total. The molecule has 1 saturated heterocycles. The standard InChI is InChI=1S/C17H20N2O2/c1-2-8-19-9-10-21-16(12-19)17(20)14-6-5-13-4-3-7-18-15(13)11-14/h3-7,11,16H,2,8-10,12H2,1H3. The number of benzene rings is 1. The van der Waals surface area contributed by atoms with E-state index in [0.29, 0.717) is 18.7 Å². The van der Waals surface area contributed by atoms with Crippen LogP contribution in [0.2, 0.25) is 0 Å². The molecule has 0 N–H and O–H groups in total. The second-order valence-electron chi connectivity index (χ2n) is 5.44. The van der Waals surface area contributed by atoms with E-state index in [-0.39, 0.29) is 11.9 Å². The molecular weight excluding hydrogens is 264 g/mol. The van der Waals surface area contributed by atoms with Gasteiger partial charge < -0.3 is 4.74 Å². The molecule has 2 aromatic rings. The second-order valence-corrected chi connectivity index (χ2v) is 5.44. The van der Waals surface area contributed by atoms with E-state index in [9.17, 15) is 4.79 Å². The van der Waals surface area contributed by atoms with E-state index in [1.54, 1.807) is 6.20 Å². The van der Waals surface area contributed by atoms with Crippen LogP contribution < -0.4 is 0 Å². The van der Waals surface area contributed by atoms with Gasteiger partial charge in [-0.3, -0.25) is 14.7 Å². The van der Waals surface area contributed by atoms with Gasteiger partial charge in [0.2, 0.25) is 0 Å². The summed E-state index contributed by atoms with van der Waals surface area (Å²) in [6, 6.07) is 9.57. The summed E-state index contributed by atoms with van der Waals surface area (Å²) < 4.78 is 5.67. The van der Waals surface area contributed by atoms with Crippen LogP contribution in [-0.2, 0) is 4.74 Å². The summed E-state index contributed by atoms with van der Waals surface area (Å²) in [5.41, 5.74) is 1.54. The van der Waals surface area contributed by atoms with Crippen molar-refractivity contribution in [3.63, 3.8) is 0 Å². The normalized spacial score (nSPS) is 19.8. The molecule has 1 aromatic carbocycles. The lowest BCUT2D eigenvalue weighted by Crippen LogP contribution is -2.46. The van der Waals surface area contributed by atoms with E-state index in [0.717, 1.165) is 30.4 Å². The third-order valence-electron chi connectivity index (χ3n) is 3.87. The van der Waals surface area contributed by atoms with Crippen molar-refractivity contribution in [3.8, 4) is 0 Å². The first-order valence-electron chi connectivity index (χ1n) is 7.51. The summed E-state index contributed by atoms with van der Waals surface area (Å²) in [6.07, 6.45) is 2.49. The van der Waals surface area contributed by atoms with Crippen LogP contribution in [0.1, 0.15) is 23.7 Å². The Bertz CT molecular complexity index is 639. The van der Waals surface area contributed by atoms with Gasteiger partial charge in [-0.25, -0.2) is 0 Å². The largest absolute Gasteiger partial charge is 0.367 e. The van der Waals surface area contributed by atoms with Crippen LogP contribution in [0.5, 0.6) is 0 Å². The molecule has 0 spiro atoms. The summed E-state index contributed by atoms with van der Waals surface area (Å²) in [7, 11) is 0. The van der Waals surface area contributed by atoms with Crippen LogP contribution in [0, 0.1) is 0 Å². The average molecular weight is 284 g/mol. The molecule has 110 valence electrons. The first-order chi connectivity index (χ1) is 10.3. The number of fused-ring (bicyclic) bond motifs is 1. The molecule has 4 heteroatoms. The number of aromatic nitrogens is 1. The van der Waals surface area contributed by atoms with E-state index in [1.165, 1.54) is 0 Å². The van der Waals surface area contributed by atoms with E-state index in [2.05, 4.69) is 16.8 Å². The molecule has 0 amide bonds. The molecule has 1 atom stereocenters. The number of Topliss-reactive ketones (excluding diaryl/α,β-unsaturated/α-hetero) is 1. The number of pyridine rings is 1. The molecule has 1 fully saturated rings. The van der Waals surface area contributed by atoms with Crippen molar-refractivity contribution in [1.29, 1.82) is 0 Å². The van der Waals surface area contributed by atoms with Crippen LogP contribution >= 0.6 is 0 Å². The maximum atomic E-state index is 12.6. The molecule has 0 saturated carbocycles. The van der Waals surface area contributed by atoms with E-state index >= 15 is 0 Å². The Morgan fingerprint density at radius 3 is 3.19 bits per heavy atom. The summed E-state index contributed by atoms with van der Waals surface area (Å²) >= 11 is 0. The number of hydrogen-bond donors (Lipinski definition) is 0. The average Bonchev–Trinajstić information content (AvgIpc) is 2.54. The van der Waals surface area contributed by atoms with Gasteiger partial charge in [-0.15, -0.1) is 0 Å². The number of morpholine rings is 1. The van der Waals surface area contributed by atoms with Gasteiger partial charge in [-0.1, -0.05) is 25.1 Å². The molecular formula is C17H20N2O2. The summed E-state index contributed by atoms with van der Waals surface area (Å²) in [5.74, 6) is 0.0587. The lowest BCUT2D eigenvalue weighted by atomic mass is 10.0. The highest BCUT2D eigenvalue weighted by molar-refractivity contribution is 6.02. The Morgan fingerprint density at radius 2 is 2.33 bits per heavy atom. The van der Waals surface area contributed by atoms with Gasteiger partial charge in [0.1, 0.15) is 6.10 Å². The monoisotopic (exact) mass is 284 g/mol. The fourth-order valence-electron chi connectivity index (χ4n) is 2.79. The summed E-state index contributed by atoms with van der Waals surface area (Å²) in [4.78, 5) is 19.2. The smallest absolute Gasteiger partial charge is 0.192 e. The molecule has 0 aliphatic carbocycles. The zero-order chi connectivity index (χ0) is 14.7. The topological polar surface area (TPSA) is 42.4 Å². The zero-order valence-electron chi connectivity index (χ0n) is 12.3. The first kappa shape index (κ1) is 14.2. The molecule has 3 rings (SSSR count). The molecule has 1 aliphatic rings. The van der Waals surface area contributed by atoms with Crippen LogP contribution in [0.3, 0.4) is 0 Å². The number of hydrogen-bond acceptors (Lipinski definition) is 4. The lowest BCUT2D eigenvalue weighted by Gasteiger charge is -2.31. The number of ether oxygens (including phenoxy) is 1. The maximum absolute atomic E-state index is 12.6.